The molecule has 1 unspecified atom stereocenters. The summed E-state index contributed by atoms with van der Waals surface area (Å²) in [4.78, 5) is 0. The lowest BCUT2D eigenvalue weighted by molar-refractivity contribution is 1.02. The van der Waals surface area contributed by atoms with Crippen LogP contribution in [0.2, 0.25) is 0 Å². The molecule has 0 saturated heterocycles. The third-order valence-electron chi connectivity index (χ3n) is 3.69. The summed E-state index contributed by atoms with van der Waals surface area (Å²) in [6, 6.07) is 13.2. The fourth-order valence-corrected chi connectivity index (χ4v) is 3.00. The quantitative estimate of drug-likeness (QED) is 0.677. The second-order valence-corrected chi connectivity index (χ2v) is 5.78. The Bertz CT molecular complexity index is 638. The van der Waals surface area contributed by atoms with E-state index in [0.717, 1.165) is 0 Å². The molecule has 90 valence electrons. The second-order valence-electron chi connectivity index (χ2n) is 4.92. The molecule has 0 spiro atoms. The number of halogens is 1. The maximum Gasteiger partial charge on any atom is 0.0281 e. The van der Waals surface area contributed by atoms with Gasteiger partial charge in [-0.05, 0) is 47.7 Å². The molecule has 1 atom stereocenters. The molecule has 0 amide bonds. The zero-order valence-corrected chi connectivity index (χ0v) is 12.2. The number of fused-ring (bicyclic) bond motifs is 1. The minimum Gasteiger partial charge on any atom is -0.0720 e. The largest absolute Gasteiger partial charge is 0.0720 e. The lowest BCUT2D eigenvalue weighted by Gasteiger charge is -2.15. The van der Waals surface area contributed by atoms with Crippen molar-refractivity contribution >= 4 is 22.0 Å². The Labute approximate surface area is 116 Å². The Morgan fingerprint density at radius 2 is 1.72 bits per heavy atom. The normalized spacial score (nSPS) is 16.9. The van der Waals surface area contributed by atoms with Gasteiger partial charge in [0.2, 0.25) is 0 Å². The van der Waals surface area contributed by atoms with E-state index in [1.54, 1.807) is 0 Å². The topological polar surface area (TPSA) is 0 Å². The molecule has 1 heteroatoms. The number of benzene rings is 2. The van der Waals surface area contributed by atoms with Gasteiger partial charge in [-0.15, -0.1) is 0 Å². The third kappa shape index (κ3) is 1.83. The van der Waals surface area contributed by atoms with Gasteiger partial charge in [0.25, 0.3) is 0 Å². The molecule has 1 aliphatic rings. The van der Waals surface area contributed by atoms with E-state index in [1.165, 1.54) is 32.3 Å². The van der Waals surface area contributed by atoms with Crippen molar-refractivity contribution in [3.8, 4) is 0 Å². The maximum absolute atomic E-state index is 3.64. The van der Waals surface area contributed by atoms with Crippen LogP contribution in [-0.2, 0) is 0 Å². The van der Waals surface area contributed by atoms with E-state index >= 15 is 0 Å². The second kappa shape index (κ2) is 4.40. The molecule has 18 heavy (non-hydrogen) atoms. The zero-order valence-electron chi connectivity index (χ0n) is 10.6. The standard InChI is InChI=1S/C17H15Br/c1-11-5-3-4-6-14(11)15-8-7-13-9-12(2)17(18)10-16(13)15/h3-10,15H,1-2H3. The van der Waals surface area contributed by atoms with Gasteiger partial charge in [-0.3, -0.25) is 0 Å². The molecule has 0 radical (unpaired) electrons. The van der Waals surface area contributed by atoms with Crippen LogP contribution in [0.25, 0.3) is 6.08 Å². The summed E-state index contributed by atoms with van der Waals surface area (Å²) in [7, 11) is 0. The lowest BCUT2D eigenvalue weighted by Crippen LogP contribution is -1.99. The Hall–Kier alpha value is -1.34. The van der Waals surface area contributed by atoms with Gasteiger partial charge in [-0.2, -0.15) is 0 Å². The summed E-state index contributed by atoms with van der Waals surface area (Å²) in [5, 5.41) is 0. The number of hydrogen-bond donors (Lipinski definition) is 0. The van der Waals surface area contributed by atoms with Crippen molar-refractivity contribution in [2.75, 3.05) is 0 Å². The molecule has 0 saturated carbocycles. The summed E-state index contributed by atoms with van der Waals surface area (Å²) in [5.74, 6) is 0.401. The predicted molar refractivity (Wildman–Crippen MR) is 80.9 cm³/mol. The number of hydrogen-bond acceptors (Lipinski definition) is 0. The molecule has 2 aromatic carbocycles. The number of allylic oxidation sites excluding steroid dienone is 1. The highest BCUT2D eigenvalue weighted by atomic mass is 79.9. The van der Waals surface area contributed by atoms with E-state index in [-0.39, 0.29) is 0 Å². The first kappa shape index (κ1) is 11.7. The van der Waals surface area contributed by atoms with Gasteiger partial charge in [0, 0.05) is 10.4 Å². The molecule has 1 aliphatic carbocycles. The average molecular weight is 299 g/mol. The SMILES string of the molecule is Cc1cc2c(cc1Br)C(c1ccccc1C)C=C2. The van der Waals surface area contributed by atoms with E-state index in [4.69, 9.17) is 0 Å². The molecule has 0 aromatic heterocycles. The van der Waals surface area contributed by atoms with Gasteiger partial charge in [-0.1, -0.05) is 58.4 Å². The predicted octanol–water partition coefficient (Wildman–Crippen LogP) is 5.22. The summed E-state index contributed by atoms with van der Waals surface area (Å²) in [5.41, 5.74) is 6.81. The van der Waals surface area contributed by atoms with Crippen LogP contribution in [0.5, 0.6) is 0 Å². The first-order valence-electron chi connectivity index (χ1n) is 6.20. The lowest BCUT2D eigenvalue weighted by atomic mass is 9.90. The van der Waals surface area contributed by atoms with Crippen molar-refractivity contribution in [1.82, 2.24) is 0 Å². The average Bonchev–Trinajstić information content (AvgIpc) is 2.73. The molecule has 0 fully saturated rings. The fraction of sp³-hybridized carbons (Fsp3) is 0.176. The van der Waals surface area contributed by atoms with Crippen LogP contribution < -0.4 is 0 Å². The molecule has 3 rings (SSSR count). The minimum absolute atomic E-state index is 0.401. The molecular weight excluding hydrogens is 284 g/mol. The first-order valence-corrected chi connectivity index (χ1v) is 7.00. The van der Waals surface area contributed by atoms with Crippen LogP contribution >= 0.6 is 15.9 Å². The van der Waals surface area contributed by atoms with Crippen LogP contribution in [0, 0.1) is 13.8 Å². The highest BCUT2D eigenvalue weighted by Crippen LogP contribution is 2.38. The van der Waals surface area contributed by atoms with Crippen LogP contribution in [0.4, 0.5) is 0 Å². The molecule has 0 N–H and O–H groups in total. The van der Waals surface area contributed by atoms with Gasteiger partial charge in [-0.25, -0.2) is 0 Å². The monoisotopic (exact) mass is 298 g/mol. The van der Waals surface area contributed by atoms with Gasteiger partial charge >= 0.3 is 0 Å². The Morgan fingerprint density at radius 1 is 0.944 bits per heavy atom. The van der Waals surface area contributed by atoms with Gasteiger partial charge in [0.05, 0.1) is 0 Å². The maximum atomic E-state index is 3.64. The third-order valence-corrected chi connectivity index (χ3v) is 4.55. The van der Waals surface area contributed by atoms with Gasteiger partial charge in [0.1, 0.15) is 0 Å². The van der Waals surface area contributed by atoms with Crippen LogP contribution in [0.3, 0.4) is 0 Å². The van der Waals surface area contributed by atoms with Crippen molar-refractivity contribution in [2.24, 2.45) is 0 Å². The van der Waals surface area contributed by atoms with Gasteiger partial charge in [0.15, 0.2) is 0 Å². The molecule has 2 aromatic rings. The van der Waals surface area contributed by atoms with Crippen molar-refractivity contribution in [1.29, 1.82) is 0 Å². The van der Waals surface area contributed by atoms with E-state index in [0.29, 0.717) is 5.92 Å². The Kier molecular flexibility index (Phi) is 2.87. The van der Waals surface area contributed by atoms with Crippen LogP contribution in [-0.4, -0.2) is 0 Å². The van der Waals surface area contributed by atoms with Crippen LogP contribution in [0.15, 0.2) is 46.9 Å². The zero-order chi connectivity index (χ0) is 12.7. The summed E-state index contributed by atoms with van der Waals surface area (Å²) in [6.45, 7) is 4.32. The van der Waals surface area contributed by atoms with Crippen molar-refractivity contribution < 1.29 is 0 Å². The molecule has 0 aliphatic heterocycles. The Morgan fingerprint density at radius 3 is 2.50 bits per heavy atom. The summed E-state index contributed by atoms with van der Waals surface area (Å²) in [6.07, 6.45) is 4.55. The highest BCUT2D eigenvalue weighted by molar-refractivity contribution is 9.10. The van der Waals surface area contributed by atoms with E-state index in [2.05, 4.69) is 78.3 Å². The smallest absolute Gasteiger partial charge is 0.0281 e. The molecule has 0 nitrogen and oxygen atoms in total. The molecule has 0 heterocycles. The van der Waals surface area contributed by atoms with Crippen molar-refractivity contribution in [3.63, 3.8) is 0 Å². The minimum atomic E-state index is 0.401. The molecular formula is C17H15Br. The number of aryl methyl sites for hydroxylation is 2. The van der Waals surface area contributed by atoms with Crippen LogP contribution in [0.1, 0.15) is 33.7 Å². The van der Waals surface area contributed by atoms with E-state index in [1.807, 2.05) is 0 Å². The van der Waals surface area contributed by atoms with E-state index in [9.17, 15) is 0 Å². The van der Waals surface area contributed by atoms with Crippen molar-refractivity contribution in [3.05, 3.63) is 74.8 Å². The Balaban J connectivity index is 2.13. The van der Waals surface area contributed by atoms with E-state index < -0.39 is 0 Å². The van der Waals surface area contributed by atoms with Crippen molar-refractivity contribution in [2.45, 2.75) is 19.8 Å². The highest BCUT2D eigenvalue weighted by Gasteiger charge is 2.21. The fourth-order valence-electron chi connectivity index (χ4n) is 2.64. The summed E-state index contributed by atoms with van der Waals surface area (Å²) < 4.78 is 1.20. The summed E-state index contributed by atoms with van der Waals surface area (Å²) >= 11 is 3.64. The number of rotatable bonds is 1. The van der Waals surface area contributed by atoms with Gasteiger partial charge < -0.3 is 0 Å². The molecule has 0 bridgehead atoms. The first-order chi connectivity index (χ1) is 8.66.